The van der Waals surface area contributed by atoms with Crippen molar-refractivity contribution in [1.82, 2.24) is 15.5 Å². The lowest BCUT2D eigenvalue weighted by molar-refractivity contribution is 0.311. The Morgan fingerprint density at radius 2 is 2.03 bits per heavy atom. The minimum Gasteiger partial charge on any atom is -0.493 e. The van der Waals surface area contributed by atoms with Crippen LogP contribution in [0.2, 0.25) is 0 Å². The molecule has 8 nitrogen and oxygen atoms in total. The van der Waals surface area contributed by atoms with Crippen molar-refractivity contribution in [2.24, 2.45) is 4.99 Å². The number of anilines is 1. The molecule has 1 aromatic carbocycles. The molecule has 2 aromatic rings. The van der Waals surface area contributed by atoms with E-state index in [4.69, 9.17) is 14.0 Å². The highest BCUT2D eigenvalue weighted by Crippen LogP contribution is 2.30. The van der Waals surface area contributed by atoms with Crippen LogP contribution in [0.25, 0.3) is 0 Å². The summed E-state index contributed by atoms with van der Waals surface area (Å²) >= 11 is 0. The number of methoxy groups -OCH3 is 1. The van der Waals surface area contributed by atoms with Gasteiger partial charge in [-0.05, 0) is 32.4 Å². The first-order valence-corrected chi connectivity index (χ1v) is 9.76. The number of nitrogens with zero attached hydrogens (tertiary/aromatic N) is 3. The molecule has 0 aliphatic carbocycles. The second-order valence-corrected chi connectivity index (χ2v) is 6.49. The van der Waals surface area contributed by atoms with Crippen LogP contribution >= 0.6 is 24.0 Å². The number of guanidine groups is 1. The second kappa shape index (κ2) is 13.2. The van der Waals surface area contributed by atoms with E-state index in [9.17, 15) is 0 Å². The maximum Gasteiger partial charge on any atom is 0.226 e. The predicted molar refractivity (Wildman–Crippen MR) is 126 cm³/mol. The van der Waals surface area contributed by atoms with E-state index >= 15 is 0 Å². The highest BCUT2D eigenvalue weighted by atomic mass is 127. The van der Waals surface area contributed by atoms with Crippen LogP contribution in [0.15, 0.2) is 27.7 Å². The third kappa shape index (κ3) is 8.08. The summed E-state index contributed by atoms with van der Waals surface area (Å²) in [6.45, 7) is 10.1. The van der Waals surface area contributed by atoms with Crippen LogP contribution in [-0.2, 0) is 6.42 Å². The zero-order valence-electron chi connectivity index (χ0n) is 17.8. The van der Waals surface area contributed by atoms with Gasteiger partial charge in [0.15, 0.2) is 23.3 Å². The van der Waals surface area contributed by atoms with Crippen molar-refractivity contribution < 1.29 is 14.0 Å². The first-order chi connectivity index (χ1) is 13.6. The van der Waals surface area contributed by atoms with Gasteiger partial charge >= 0.3 is 0 Å². The van der Waals surface area contributed by atoms with Crippen LogP contribution in [-0.4, -0.2) is 42.9 Å². The third-order valence-corrected chi connectivity index (χ3v) is 3.89. The van der Waals surface area contributed by atoms with Crippen molar-refractivity contribution in [3.8, 4) is 11.5 Å². The number of ether oxygens (including phenoxy) is 2. The van der Waals surface area contributed by atoms with Crippen LogP contribution in [0.3, 0.4) is 0 Å². The van der Waals surface area contributed by atoms with Crippen LogP contribution in [0, 0.1) is 0 Å². The summed E-state index contributed by atoms with van der Waals surface area (Å²) in [4.78, 5) is 9.00. The lowest BCUT2D eigenvalue weighted by atomic mass is 10.2. The fourth-order valence-corrected chi connectivity index (χ4v) is 2.49. The van der Waals surface area contributed by atoms with E-state index in [1.807, 2.05) is 45.9 Å². The molecule has 0 amide bonds. The maximum absolute atomic E-state index is 5.55. The van der Waals surface area contributed by atoms with Crippen LogP contribution in [0.4, 0.5) is 5.69 Å². The SMILES string of the molecule is CCNC(=NCCCc1nc(C(C)C)no1)Nc1ccc(OCC)c(OC)c1.I. The number of aromatic nitrogens is 2. The largest absolute Gasteiger partial charge is 0.493 e. The Morgan fingerprint density at radius 1 is 1.24 bits per heavy atom. The quantitative estimate of drug-likeness (QED) is 0.211. The minimum absolute atomic E-state index is 0. The average Bonchev–Trinajstić information content (AvgIpc) is 3.16. The molecule has 0 spiro atoms. The van der Waals surface area contributed by atoms with Crippen molar-refractivity contribution >= 4 is 35.6 Å². The Hall–Kier alpha value is -2.04. The Balaban J connectivity index is 0.00000420. The Bertz CT molecular complexity index is 764. The number of rotatable bonds is 10. The number of nitrogens with one attached hydrogen (secondary N) is 2. The molecule has 1 heterocycles. The van der Waals surface area contributed by atoms with Crippen molar-refractivity contribution in [3.05, 3.63) is 29.9 Å². The fourth-order valence-electron chi connectivity index (χ4n) is 2.49. The van der Waals surface area contributed by atoms with Crippen LogP contribution < -0.4 is 20.1 Å². The topological polar surface area (TPSA) is 93.8 Å². The van der Waals surface area contributed by atoms with Gasteiger partial charge in [0.1, 0.15) is 0 Å². The lowest BCUT2D eigenvalue weighted by Gasteiger charge is -2.14. The smallest absolute Gasteiger partial charge is 0.226 e. The second-order valence-electron chi connectivity index (χ2n) is 6.49. The summed E-state index contributed by atoms with van der Waals surface area (Å²) in [7, 11) is 1.63. The molecule has 0 aliphatic heterocycles. The van der Waals surface area contributed by atoms with E-state index < -0.39 is 0 Å². The monoisotopic (exact) mass is 517 g/mol. The molecule has 9 heteroatoms. The first-order valence-electron chi connectivity index (χ1n) is 9.76. The molecule has 0 saturated carbocycles. The molecule has 1 aromatic heterocycles. The first kappa shape index (κ1) is 25.0. The van der Waals surface area contributed by atoms with Crippen molar-refractivity contribution in [2.75, 3.05) is 32.1 Å². The summed E-state index contributed by atoms with van der Waals surface area (Å²) in [6.07, 6.45) is 1.53. The number of aliphatic imine (C=N–C) groups is 1. The van der Waals surface area contributed by atoms with E-state index in [2.05, 4.69) is 25.8 Å². The summed E-state index contributed by atoms with van der Waals surface area (Å²) < 4.78 is 16.2. The van der Waals surface area contributed by atoms with E-state index in [-0.39, 0.29) is 29.9 Å². The molecule has 0 fully saturated rings. The highest BCUT2D eigenvalue weighted by Gasteiger charge is 2.09. The van der Waals surface area contributed by atoms with Crippen LogP contribution in [0.5, 0.6) is 11.5 Å². The summed E-state index contributed by atoms with van der Waals surface area (Å²) in [6, 6.07) is 5.71. The molecule has 0 unspecified atom stereocenters. The summed E-state index contributed by atoms with van der Waals surface area (Å²) in [5.41, 5.74) is 0.874. The molecule has 0 bridgehead atoms. The van der Waals surface area contributed by atoms with Crippen LogP contribution in [0.1, 0.15) is 51.7 Å². The van der Waals surface area contributed by atoms with Gasteiger partial charge in [-0.1, -0.05) is 19.0 Å². The number of hydrogen-bond acceptors (Lipinski definition) is 6. The van der Waals surface area contributed by atoms with E-state index in [1.165, 1.54) is 0 Å². The maximum atomic E-state index is 5.55. The molecule has 2 rings (SSSR count). The van der Waals surface area contributed by atoms with Gasteiger partial charge in [0.2, 0.25) is 5.89 Å². The van der Waals surface area contributed by atoms with E-state index in [0.29, 0.717) is 37.2 Å². The average molecular weight is 517 g/mol. The zero-order valence-corrected chi connectivity index (χ0v) is 20.1. The normalized spacial score (nSPS) is 11.2. The van der Waals surface area contributed by atoms with Gasteiger partial charge in [0.25, 0.3) is 0 Å². The fraction of sp³-hybridized carbons (Fsp3) is 0.550. The standard InChI is InChI=1S/C20H31N5O3.HI/c1-6-21-20(22-12-8-9-18-24-19(14(3)4)25-28-18)23-15-10-11-16(27-7-2)17(13-15)26-5;/h10-11,13-14H,6-9,12H2,1-5H3,(H2,21,22,23);1H. The van der Waals surface area contributed by atoms with Crippen molar-refractivity contribution in [2.45, 2.75) is 46.5 Å². The third-order valence-electron chi connectivity index (χ3n) is 3.89. The molecular weight excluding hydrogens is 485 g/mol. The van der Waals surface area contributed by atoms with Gasteiger partial charge in [0, 0.05) is 37.2 Å². The van der Waals surface area contributed by atoms with Gasteiger partial charge in [-0.2, -0.15) is 4.98 Å². The molecule has 162 valence electrons. The van der Waals surface area contributed by atoms with Gasteiger partial charge in [-0.3, -0.25) is 4.99 Å². The Morgan fingerprint density at radius 3 is 2.66 bits per heavy atom. The molecule has 29 heavy (non-hydrogen) atoms. The van der Waals surface area contributed by atoms with Crippen molar-refractivity contribution in [3.63, 3.8) is 0 Å². The Kier molecular flexibility index (Phi) is 11.4. The molecule has 0 radical (unpaired) electrons. The lowest BCUT2D eigenvalue weighted by Crippen LogP contribution is -2.30. The molecular formula is C20H32IN5O3. The predicted octanol–water partition coefficient (Wildman–Crippen LogP) is 4.23. The van der Waals surface area contributed by atoms with Gasteiger partial charge < -0.3 is 24.6 Å². The minimum atomic E-state index is 0. The molecule has 2 N–H and O–H groups in total. The molecule has 0 atom stereocenters. The summed E-state index contributed by atoms with van der Waals surface area (Å²) in [5.74, 6) is 3.79. The van der Waals surface area contributed by atoms with Crippen molar-refractivity contribution in [1.29, 1.82) is 0 Å². The number of hydrogen-bond donors (Lipinski definition) is 2. The number of halogens is 1. The van der Waals surface area contributed by atoms with Gasteiger partial charge in [-0.15, -0.1) is 24.0 Å². The van der Waals surface area contributed by atoms with E-state index in [1.54, 1.807) is 7.11 Å². The molecule has 0 aliphatic rings. The zero-order chi connectivity index (χ0) is 20.4. The van der Waals surface area contributed by atoms with Gasteiger partial charge in [0.05, 0.1) is 13.7 Å². The van der Waals surface area contributed by atoms with E-state index in [0.717, 1.165) is 30.2 Å². The number of aryl methyl sites for hydroxylation is 1. The summed E-state index contributed by atoms with van der Waals surface area (Å²) in [5, 5.41) is 10.5. The molecule has 0 saturated heterocycles. The Labute approximate surface area is 189 Å². The number of benzene rings is 1. The highest BCUT2D eigenvalue weighted by molar-refractivity contribution is 14.0. The van der Waals surface area contributed by atoms with Gasteiger partial charge in [-0.25, -0.2) is 0 Å².